The van der Waals surface area contributed by atoms with Crippen LogP contribution in [0.3, 0.4) is 0 Å². The molecule has 0 aliphatic rings. The van der Waals surface area contributed by atoms with Crippen molar-refractivity contribution < 1.29 is 19.8 Å². The van der Waals surface area contributed by atoms with Crippen LogP contribution >= 0.6 is 0 Å². The van der Waals surface area contributed by atoms with Gasteiger partial charge in [0.2, 0.25) is 0 Å². The molecule has 0 bridgehead atoms. The van der Waals surface area contributed by atoms with Crippen molar-refractivity contribution in [2.75, 3.05) is 0 Å². The van der Waals surface area contributed by atoms with Gasteiger partial charge < -0.3 is 0 Å². The van der Waals surface area contributed by atoms with Crippen LogP contribution < -0.4 is 3.95 Å². The quantitative estimate of drug-likeness (QED) is 0.737. The summed E-state index contributed by atoms with van der Waals surface area (Å²) in [6, 6.07) is 8.24. The Hall–Kier alpha value is -0.352. The van der Waals surface area contributed by atoms with E-state index < -0.39 is 0 Å². The molecule has 1 rings (SSSR count). The Morgan fingerprint density at radius 2 is 1.78 bits per heavy atom. The molecule has 9 heavy (non-hydrogen) atoms. The van der Waals surface area contributed by atoms with Crippen molar-refractivity contribution in [2.24, 2.45) is 0 Å². The van der Waals surface area contributed by atoms with Gasteiger partial charge in [0.25, 0.3) is 0 Å². The van der Waals surface area contributed by atoms with Crippen LogP contribution in [-0.2, 0) is 19.8 Å². The summed E-state index contributed by atoms with van der Waals surface area (Å²) < 4.78 is 1.26. The summed E-state index contributed by atoms with van der Waals surface area (Å²) in [5, 5.41) is 0. The van der Waals surface area contributed by atoms with Crippen molar-refractivity contribution in [1.82, 2.24) is 0 Å². The van der Waals surface area contributed by atoms with E-state index in [4.69, 9.17) is 0 Å². The third-order valence-electron chi connectivity index (χ3n) is 1.09. The summed E-state index contributed by atoms with van der Waals surface area (Å²) >= 11 is 2.26. The zero-order valence-corrected chi connectivity index (χ0v) is 7.18. The summed E-state index contributed by atoms with van der Waals surface area (Å²) in [4.78, 5) is 0. The molecular weight excluding hydrogens is 291 g/mol. The molecule has 0 amide bonds. The number of benzene rings is 1. The first kappa shape index (κ1) is 6.76. The Balaban J connectivity index is 3.01. The summed E-state index contributed by atoms with van der Waals surface area (Å²) in [6.45, 7) is 3.66. The van der Waals surface area contributed by atoms with E-state index in [1.807, 2.05) is 6.08 Å². The molecule has 0 nitrogen and oxygen atoms in total. The van der Waals surface area contributed by atoms with Gasteiger partial charge in [-0.1, -0.05) is 0 Å². The topological polar surface area (TPSA) is 0 Å². The van der Waals surface area contributed by atoms with Gasteiger partial charge in [0.15, 0.2) is 0 Å². The molecule has 0 heterocycles. The molecule has 0 saturated carbocycles. The Bertz CT molecular complexity index is 198. The molecule has 0 aliphatic heterocycles. The molecule has 0 aliphatic carbocycles. The van der Waals surface area contributed by atoms with Crippen LogP contribution in [0.15, 0.2) is 30.8 Å². The fraction of sp³-hybridized carbons (Fsp3) is 0. The molecule has 1 heteroatoms. The van der Waals surface area contributed by atoms with Crippen molar-refractivity contribution in [2.45, 2.75) is 0 Å². The fourth-order valence-corrected chi connectivity index (χ4v) is 0.967. The van der Waals surface area contributed by atoms with Crippen molar-refractivity contribution in [3.63, 3.8) is 0 Å². The minimum atomic E-state index is 1.18. The summed E-state index contributed by atoms with van der Waals surface area (Å²) in [5.74, 6) is 0. The minimum absolute atomic E-state index is 1.18. The third-order valence-corrected chi connectivity index (χ3v) is 1.84. The summed E-state index contributed by atoms with van der Waals surface area (Å²) in [7, 11) is 0. The first-order valence-corrected chi connectivity index (χ1v) is 3.81. The summed E-state index contributed by atoms with van der Waals surface area (Å²) in [6.07, 6.45) is 1.84. The second-order valence-corrected chi connectivity index (χ2v) is 3.03. The van der Waals surface area contributed by atoms with Crippen molar-refractivity contribution in [1.29, 1.82) is 0 Å². The first-order valence-electron chi connectivity index (χ1n) is 2.68. The zero-order chi connectivity index (χ0) is 6.69. The van der Waals surface area contributed by atoms with Gasteiger partial charge in [0.1, 0.15) is 0 Å². The second kappa shape index (κ2) is 2.98. The molecule has 0 atom stereocenters. The van der Waals surface area contributed by atoms with Gasteiger partial charge in [-0.2, -0.15) is 0 Å². The predicted octanol–water partition coefficient (Wildman–Crippen LogP) is 1.50. The molecular formula is C8H7Pt. The van der Waals surface area contributed by atoms with Crippen LogP contribution in [0.5, 0.6) is 0 Å². The molecule has 0 fully saturated rings. The average Bonchev–Trinajstić information content (AvgIpc) is 1.90. The van der Waals surface area contributed by atoms with Gasteiger partial charge in [-0.15, -0.1) is 0 Å². The fourth-order valence-electron chi connectivity index (χ4n) is 0.589. The molecule has 0 aromatic heterocycles. The van der Waals surface area contributed by atoms with E-state index in [0.29, 0.717) is 0 Å². The normalized spacial score (nSPS) is 9.11. The van der Waals surface area contributed by atoms with E-state index in [1.54, 1.807) is 0 Å². The maximum atomic E-state index is 3.66. The predicted molar refractivity (Wildman–Crippen MR) is 36.2 cm³/mol. The molecule has 0 unspecified atom stereocenters. The molecule has 1 aromatic carbocycles. The first-order chi connectivity index (χ1) is 4.33. The van der Waals surface area contributed by atoms with Crippen molar-refractivity contribution in [3.8, 4) is 0 Å². The van der Waals surface area contributed by atoms with Crippen LogP contribution in [0.1, 0.15) is 5.56 Å². The van der Waals surface area contributed by atoms with Crippen LogP contribution in [0.4, 0.5) is 0 Å². The Labute approximate surface area is 66.5 Å². The molecule has 0 radical (unpaired) electrons. The number of rotatable bonds is 1. The SMILES string of the molecule is C=Cc1cc[c]([Pt])cc1. The van der Waals surface area contributed by atoms with Gasteiger partial charge in [-0.3, -0.25) is 0 Å². The maximum absolute atomic E-state index is 3.66. The van der Waals surface area contributed by atoms with Crippen LogP contribution in [0.25, 0.3) is 6.08 Å². The Morgan fingerprint density at radius 3 is 2.22 bits per heavy atom. The van der Waals surface area contributed by atoms with E-state index >= 15 is 0 Å². The van der Waals surface area contributed by atoms with Crippen LogP contribution in [0.2, 0.25) is 0 Å². The van der Waals surface area contributed by atoms with Gasteiger partial charge in [0.05, 0.1) is 0 Å². The molecule has 1 aromatic rings. The molecule has 49 valence electrons. The third kappa shape index (κ3) is 1.80. The van der Waals surface area contributed by atoms with Crippen molar-refractivity contribution in [3.05, 3.63) is 36.4 Å². The second-order valence-electron chi connectivity index (χ2n) is 1.72. The summed E-state index contributed by atoms with van der Waals surface area (Å²) in [5.41, 5.74) is 1.18. The van der Waals surface area contributed by atoms with E-state index in [2.05, 4.69) is 50.7 Å². The van der Waals surface area contributed by atoms with Crippen LogP contribution in [0, 0.1) is 0 Å². The van der Waals surface area contributed by atoms with Crippen LogP contribution in [-0.4, -0.2) is 0 Å². The number of hydrogen-bond donors (Lipinski definition) is 0. The Kier molecular flexibility index (Phi) is 2.24. The van der Waals surface area contributed by atoms with Gasteiger partial charge in [-0.05, 0) is 0 Å². The van der Waals surface area contributed by atoms with Crippen molar-refractivity contribution >= 4 is 10.0 Å². The van der Waals surface area contributed by atoms with E-state index in [1.165, 1.54) is 9.52 Å². The van der Waals surface area contributed by atoms with Gasteiger partial charge >= 0.3 is 66.3 Å². The number of hydrogen-bond acceptors (Lipinski definition) is 0. The zero-order valence-electron chi connectivity index (χ0n) is 4.91. The average molecular weight is 298 g/mol. The molecule has 0 spiro atoms. The molecule has 0 N–H and O–H groups in total. The standard InChI is InChI=1S/C8H7.Pt/c1-2-8-6-4-3-5-7-8;/h2,4-7H,1H2;. The Morgan fingerprint density at radius 1 is 1.22 bits per heavy atom. The van der Waals surface area contributed by atoms with E-state index in [0.717, 1.165) is 0 Å². The van der Waals surface area contributed by atoms with E-state index in [9.17, 15) is 0 Å². The van der Waals surface area contributed by atoms with E-state index in [-0.39, 0.29) is 0 Å². The molecule has 0 saturated heterocycles. The monoisotopic (exact) mass is 298 g/mol. The van der Waals surface area contributed by atoms with Gasteiger partial charge in [0, 0.05) is 0 Å². The van der Waals surface area contributed by atoms with Gasteiger partial charge in [-0.25, -0.2) is 0 Å².